The third-order valence-electron chi connectivity index (χ3n) is 4.15. The zero-order valence-electron chi connectivity index (χ0n) is 14.8. The summed E-state index contributed by atoms with van der Waals surface area (Å²) in [7, 11) is 1.73. The van der Waals surface area contributed by atoms with E-state index in [-0.39, 0.29) is 0 Å². The van der Waals surface area contributed by atoms with Crippen molar-refractivity contribution in [1.29, 1.82) is 0 Å². The lowest BCUT2D eigenvalue weighted by Gasteiger charge is -2.09. The standard InChI is InChI=1S/C21H30N2O/c1-24-21-13-6-5-12-20(21)14-16-23-18-17-22-15-8-7-11-19-9-3-2-4-10-19/h2-6,9-10,12-13,22-23H,7-8,11,14-18H2,1H3. The molecular formula is C21H30N2O. The zero-order valence-corrected chi connectivity index (χ0v) is 14.8. The van der Waals surface area contributed by atoms with Gasteiger partial charge in [0.2, 0.25) is 0 Å². The molecule has 0 spiro atoms. The number of para-hydroxylation sites is 1. The Kier molecular flexibility index (Phi) is 8.99. The molecule has 0 unspecified atom stereocenters. The Morgan fingerprint density at radius 3 is 2.21 bits per heavy atom. The average molecular weight is 326 g/mol. The first-order valence-electron chi connectivity index (χ1n) is 8.97. The minimum Gasteiger partial charge on any atom is -0.496 e. The highest BCUT2D eigenvalue weighted by Crippen LogP contribution is 2.17. The summed E-state index contributed by atoms with van der Waals surface area (Å²) in [5.41, 5.74) is 2.71. The molecule has 2 N–H and O–H groups in total. The number of unbranched alkanes of at least 4 members (excludes halogenated alkanes) is 1. The van der Waals surface area contributed by atoms with Crippen molar-refractivity contribution in [3.05, 3.63) is 65.7 Å². The van der Waals surface area contributed by atoms with Crippen LogP contribution in [0.4, 0.5) is 0 Å². The largest absolute Gasteiger partial charge is 0.496 e. The third kappa shape index (κ3) is 7.16. The molecule has 0 aliphatic rings. The van der Waals surface area contributed by atoms with Crippen LogP contribution in [0.2, 0.25) is 0 Å². The van der Waals surface area contributed by atoms with E-state index in [1.54, 1.807) is 7.11 Å². The van der Waals surface area contributed by atoms with Gasteiger partial charge in [-0.2, -0.15) is 0 Å². The van der Waals surface area contributed by atoms with Crippen molar-refractivity contribution < 1.29 is 4.74 Å². The monoisotopic (exact) mass is 326 g/mol. The molecule has 3 nitrogen and oxygen atoms in total. The van der Waals surface area contributed by atoms with Crippen LogP contribution < -0.4 is 15.4 Å². The predicted octanol–water partition coefficient (Wildman–Crippen LogP) is 3.44. The molecule has 0 aromatic heterocycles. The van der Waals surface area contributed by atoms with Gasteiger partial charge in [-0.25, -0.2) is 0 Å². The zero-order chi connectivity index (χ0) is 16.9. The number of hydrogen-bond donors (Lipinski definition) is 2. The fourth-order valence-corrected chi connectivity index (χ4v) is 2.78. The van der Waals surface area contributed by atoms with Crippen molar-refractivity contribution >= 4 is 0 Å². The Balaban J connectivity index is 1.43. The average Bonchev–Trinajstić information content (AvgIpc) is 2.64. The number of ether oxygens (including phenoxy) is 1. The van der Waals surface area contributed by atoms with E-state index in [1.807, 2.05) is 12.1 Å². The van der Waals surface area contributed by atoms with E-state index < -0.39 is 0 Å². The molecule has 0 bridgehead atoms. The first-order chi connectivity index (χ1) is 11.9. The van der Waals surface area contributed by atoms with Crippen molar-refractivity contribution in [1.82, 2.24) is 10.6 Å². The maximum Gasteiger partial charge on any atom is 0.122 e. The summed E-state index contributed by atoms with van der Waals surface area (Å²) in [5, 5.41) is 6.99. The Bertz CT molecular complexity index is 557. The molecule has 0 radical (unpaired) electrons. The van der Waals surface area contributed by atoms with Crippen molar-refractivity contribution in [2.75, 3.05) is 33.3 Å². The van der Waals surface area contributed by atoms with Crippen LogP contribution in [0.1, 0.15) is 24.0 Å². The molecule has 0 heterocycles. The summed E-state index contributed by atoms with van der Waals surface area (Å²) in [4.78, 5) is 0. The molecule has 0 atom stereocenters. The number of benzene rings is 2. The van der Waals surface area contributed by atoms with E-state index >= 15 is 0 Å². The molecule has 2 rings (SSSR count). The summed E-state index contributed by atoms with van der Waals surface area (Å²) >= 11 is 0. The van der Waals surface area contributed by atoms with Crippen molar-refractivity contribution in [2.45, 2.75) is 25.7 Å². The van der Waals surface area contributed by atoms with Gasteiger partial charge in [-0.1, -0.05) is 48.5 Å². The van der Waals surface area contributed by atoms with Crippen molar-refractivity contribution in [3.8, 4) is 5.75 Å². The summed E-state index contributed by atoms with van der Waals surface area (Å²) in [6.45, 7) is 4.11. The number of aryl methyl sites for hydroxylation is 1. The Labute approximate surface area is 146 Å². The maximum absolute atomic E-state index is 5.37. The lowest BCUT2D eigenvalue weighted by atomic mass is 10.1. The molecule has 0 saturated heterocycles. The lowest BCUT2D eigenvalue weighted by molar-refractivity contribution is 0.409. The molecule has 24 heavy (non-hydrogen) atoms. The molecule has 0 amide bonds. The van der Waals surface area contributed by atoms with Gasteiger partial charge >= 0.3 is 0 Å². The summed E-state index contributed by atoms with van der Waals surface area (Å²) in [6, 6.07) is 18.9. The van der Waals surface area contributed by atoms with E-state index in [0.29, 0.717) is 0 Å². The SMILES string of the molecule is COc1ccccc1CCNCCNCCCCc1ccccc1. The number of hydrogen-bond acceptors (Lipinski definition) is 3. The first kappa shape index (κ1) is 18.5. The Morgan fingerprint density at radius 2 is 1.42 bits per heavy atom. The molecule has 0 fully saturated rings. The van der Waals surface area contributed by atoms with Crippen molar-refractivity contribution in [2.24, 2.45) is 0 Å². The van der Waals surface area contributed by atoms with Gasteiger partial charge < -0.3 is 15.4 Å². The molecule has 3 heteroatoms. The second kappa shape index (κ2) is 11.7. The fraction of sp³-hybridized carbons (Fsp3) is 0.429. The first-order valence-corrected chi connectivity index (χ1v) is 8.97. The molecule has 0 aliphatic heterocycles. The Hall–Kier alpha value is -1.84. The van der Waals surface area contributed by atoms with Gasteiger partial charge in [0.1, 0.15) is 5.75 Å². The van der Waals surface area contributed by atoms with Crippen LogP contribution in [0.25, 0.3) is 0 Å². The predicted molar refractivity (Wildman–Crippen MR) is 102 cm³/mol. The number of methoxy groups -OCH3 is 1. The number of rotatable bonds is 12. The molecule has 2 aromatic rings. The molecule has 130 valence electrons. The third-order valence-corrected chi connectivity index (χ3v) is 4.15. The van der Waals surface area contributed by atoms with Crippen LogP contribution >= 0.6 is 0 Å². The maximum atomic E-state index is 5.37. The van der Waals surface area contributed by atoms with Crippen LogP contribution in [-0.2, 0) is 12.8 Å². The molecule has 0 aliphatic carbocycles. The fourth-order valence-electron chi connectivity index (χ4n) is 2.78. The quantitative estimate of drug-likeness (QED) is 0.586. The highest BCUT2D eigenvalue weighted by molar-refractivity contribution is 5.33. The van der Waals surface area contributed by atoms with E-state index in [9.17, 15) is 0 Å². The molecular weight excluding hydrogens is 296 g/mol. The number of nitrogens with one attached hydrogen (secondary N) is 2. The van der Waals surface area contributed by atoms with Gasteiger partial charge in [-0.05, 0) is 56.0 Å². The van der Waals surface area contributed by atoms with Gasteiger partial charge in [0, 0.05) is 13.1 Å². The highest BCUT2D eigenvalue weighted by atomic mass is 16.5. The van der Waals surface area contributed by atoms with E-state index in [2.05, 4.69) is 53.1 Å². The highest BCUT2D eigenvalue weighted by Gasteiger charge is 2.00. The lowest BCUT2D eigenvalue weighted by Crippen LogP contribution is -2.29. The second-order valence-corrected chi connectivity index (χ2v) is 6.00. The molecule has 0 saturated carbocycles. The van der Waals surface area contributed by atoms with Crippen LogP contribution in [-0.4, -0.2) is 33.3 Å². The normalized spacial score (nSPS) is 10.7. The van der Waals surface area contributed by atoms with Crippen LogP contribution in [0.3, 0.4) is 0 Å². The van der Waals surface area contributed by atoms with Crippen LogP contribution in [0.5, 0.6) is 5.75 Å². The van der Waals surface area contributed by atoms with Gasteiger partial charge in [0.25, 0.3) is 0 Å². The van der Waals surface area contributed by atoms with E-state index in [0.717, 1.165) is 38.3 Å². The van der Waals surface area contributed by atoms with Gasteiger partial charge in [-0.3, -0.25) is 0 Å². The smallest absolute Gasteiger partial charge is 0.122 e. The summed E-state index contributed by atoms with van der Waals surface area (Å²) in [5.74, 6) is 0.982. The van der Waals surface area contributed by atoms with E-state index in [4.69, 9.17) is 4.74 Å². The minimum absolute atomic E-state index is 0.982. The molecule has 2 aromatic carbocycles. The topological polar surface area (TPSA) is 33.3 Å². The Morgan fingerprint density at radius 1 is 0.708 bits per heavy atom. The minimum atomic E-state index is 0.982. The van der Waals surface area contributed by atoms with Gasteiger partial charge in [0.15, 0.2) is 0 Å². The van der Waals surface area contributed by atoms with Gasteiger partial charge in [0.05, 0.1) is 7.11 Å². The van der Waals surface area contributed by atoms with Crippen LogP contribution in [0, 0.1) is 0 Å². The van der Waals surface area contributed by atoms with Gasteiger partial charge in [-0.15, -0.1) is 0 Å². The summed E-state index contributed by atoms with van der Waals surface area (Å²) in [6.07, 6.45) is 4.66. The van der Waals surface area contributed by atoms with E-state index in [1.165, 1.54) is 30.4 Å². The van der Waals surface area contributed by atoms with Crippen molar-refractivity contribution in [3.63, 3.8) is 0 Å². The second-order valence-electron chi connectivity index (χ2n) is 6.00. The summed E-state index contributed by atoms with van der Waals surface area (Å²) < 4.78 is 5.37. The van der Waals surface area contributed by atoms with Crippen LogP contribution in [0.15, 0.2) is 54.6 Å².